The third-order valence-electron chi connectivity index (χ3n) is 3.86. The van der Waals surface area contributed by atoms with Gasteiger partial charge in [-0.15, -0.1) is 0 Å². The van der Waals surface area contributed by atoms with Gasteiger partial charge in [-0.3, -0.25) is 4.79 Å². The van der Waals surface area contributed by atoms with Crippen molar-refractivity contribution < 1.29 is 13.2 Å². The molecular weight excluding hydrogens is 362 g/mol. The maximum atomic E-state index is 11.9. The SMILES string of the molecule is CN(CCNC(=O)CCNS(=O)(=O)/C=C/c1ccccc1)c1ccccc1. The quantitative estimate of drug-likeness (QED) is 0.655. The Labute approximate surface area is 161 Å². The van der Waals surface area contributed by atoms with Gasteiger partial charge in [-0.25, -0.2) is 13.1 Å². The minimum atomic E-state index is -3.56. The van der Waals surface area contributed by atoms with E-state index in [2.05, 4.69) is 10.0 Å². The van der Waals surface area contributed by atoms with E-state index in [1.165, 1.54) is 6.08 Å². The van der Waals surface area contributed by atoms with Crippen molar-refractivity contribution in [3.8, 4) is 0 Å². The number of hydrogen-bond acceptors (Lipinski definition) is 4. The molecule has 2 rings (SSSR count). The summed E-state index contributed by atoms with van der Waals surface area (Å²) < 4.78 is 26.2. The maximum Gasteiger partial charge on any atom is 0.233 e. The summed E-state index contributed by atoms with van der Waals surface area (Å²) in [5.41, 5.74) is 1.87. The van der Waals surface area contributed by atoms with E-state index in [-0.39, 0.29) is 18.9 Å². The van der Waals surface area contributed by atoms with E-state index in [0.717, 1.165) is 16.7 Å². The van der Waals surface area contributed by atoms with Crippen molar-refractivity contribution in [3.05, 3.63) is 71.6 Å². The van der Waals surface area contributed by atoms with Crippen LogP contribution < -0.4 is 14.9 Å². The second kappa shape index (κ2) is 10.5. The lowest BCUT2D eigenvalue weighted by Gasteiger charge is -2.19. The van der Waals surface area contributed by atoms with Crippen LogP contribution in [0.4, 0.5) is 5.69 Å². The fraction of sp³-hybridized carbons (Fsp3) is 0.250. The normalized spacial score (nSPS) is 11.4. The van der Waals surface area contributed by atoms with E-state index in [1.807, 2.05) is 72.6 Å². The van der Waals surface area contributed by atoms with Gasteiger partial charge in [-0.2, -0.15) is 0 Å². The zero-order valence-corrected chi connectivity index (χ0v) is 16.2. The van der Waals surface area contributed by atoms with Crippen molar-refractivity contribution in [2.24, 2.45) is 0 Å². The van der Waals surface area contributed by atoms with Crippen LogP contribution in [0.3, 0.4) is 0 Å². The number of likely N-dealkylation sites (N-methyl/N-ethyl adjacent to an activating group) is 1. The van der Waals surface area contributed by atoms with Gasteiger partial charge in [0, 0.05) is 44.2 Å². The number of sulfonamides is 1. The summed E-state index contributed by atoms with van der Waals surface area (Å²) >= 11 is 0. The number of nitrogens with zero attached hydrogens (tertiary/aromatic N) is 1. The smallest absolute Gasteiger partial charge is 0.233 e. The van der Waals surface area contributed by atoms with Crippen molar-refractivity contribution in [2.45, 2.75) is 6.42 Å². The van der Waals surface area contributed by atoms with Crippen LogP contribution in [-0.2, 0) is 14.8 Å². The highest BCUT2D eigenvalue weighted by Gasteiger charge is 2.07. The second-order valence-corrected chi connectivity index (χ2v) is 7.66. The molecule has 0 aromatic heterocycles. The molecule has 0 unspecified atom stereocenters. The summed E-state index contributed by atoms with van der Waals surface area (Å²) in [4.78, 5) is 13.9. The molecule has 0 bridgehead atoms. The number of amides is 1. The molecule has 0 aliphatic carbocycles. The molecule has 0 aliphatic heterocycles. The largest absolute Gasteiger partial charge is 0.373 e. The van der Waals surface area contributed by atoms with Gasteiger partial charge in [0.1, 0.15) is 0 Å². The molecule has 0 heterocycles. The van der Waals surface area contributed by atoms with Gasteiger partial charge in [0.15, 0.2) is 0 Å². The zero-order valence-electron chi connectivity index (χ0n) is 15.3. The van der Waals surface area contributed by atoms with Crippen LogP contribution in [0.25, 0.3) is 6.08 Å². The van der Waals surface area contributed by atoms with Crippen LogP contribution in [-0.4, -0.2) is 41.0 Å². The number of benzene rings is 2. The average molecular weight is 388 g/mol. The molecule has 2 aromatic carbocycles. The monoisotopic (exact) mass is 387 g/mol. The van der Waals surface area contributed by atoms with E-state index in [1.54, 1.807) is 0 Å². The Kier molecular flexibility index (Phi) is 8.03. The molecule has 0 atom stereocenters. The summed E-state index contributed by atoms with van der Waals surface area (Å²) in [5.74, 6) is -0.189. The molecule has 0 saturated heterocycles. The fourth-order valence-corrected chi connectivity index (χ4v) is 3.17. The number of carbonyl (C=O) groups excluding carboxylic acids is 1. The maximum absolute atomic E-state index is 11.9. The highest BCUT2D eigenvalue weighted by Crippen LogP contribution is 2.09. The first-order chi connectivity index (χ1) is 13.0. The minimum absolute atomic E-state index is 0.0574. The lowest BCUT2D eigenvalue weighted by Crippen LogP contribution is -2.35. The topological polar surface area (TPSA) is 78.5 Å². The standard InChI is InChI=1S/C20H25N3O3S/c1-23(19-10-6-3-7-11-19)16-15-21-20(24)12-14-22-27(25,26)17-13-18-8-4-2-5-9-18/h2-11,13,17,22H,12,14-16H2,1H3,(H,21,24)/b17-13+. The van der Waals surface area contributed by atoms with Crippen LogP contribution in [0.5, 0.6) is 0 Å². The van der Waals surface area contributed by atoms with E-state index < -0.39 is 10.0 Å². The highest BCUT2D eigenvalue weighted by atomic mass is 32.2. The number of para-hydroxylation sites is 1. The highest BCUT2D eigenvalue weighted by molar-refractivity contribution is 7.92. The molecular formula is C20H25N3O3S. The average Bonchev–Trinajstić information content (AvgIpc) is 2.68. The van der Waals surface area contributed by atoms with Crippen LogP contribution in [0, 0.1) is 0 Å². The van der Waals surface area contributed by atoms with Crippen molar-refractivity contribution in [3.63, 3.8) is 0 Å². The number of nitrogens with one attached hydrogen (secondary N) is 2. The molecule has 2 N–H and O–H groups in total. The van der Waals surface area contributed by atoms with Gasteiger partial charge in [0.25, 0.3) is 0 Å². The summed E-state index contributed by atoms with van der Waals surface area (Å²) in [7, 11) is -1.61. The molecule has 0 fully saturated rings. The number of rotatable bonds is 10. The first-order valence-corrected chi connectivity index (χ1v) is 10.3. The van der Waals surface area contributed by atoms with Crippen molar-refractivity contribution in [1.29, 1.82) is 0 Å². The fourth-order valence-electron chi connectivity index (χ4n) is 2.35. The van der Waals surface area contributed by atoms with Gasteiger partial charge in [-0.1, -0.05) is 48.5 Å². The Bertz CT molecular complexity index is 837. The Balaban J connectivity index is 1.66. The van der Waals surface area contributed by atoms with E-state index in [9.17, 15) is 13.2 Å². The second-order valence-electron chi connectivity index (χ2n) is 6.01. The van der Waals surface area contributed by atoms with Crippen molar-refractivity contribution >= 4 is 27.7 Å². The number of anilines is 1. The van der Waals surface area contributed by atoms with Crippen molar-refractivity contribution in [2.75, 3.05) is 31.6 Å². The summed E-state index contributed by atoms with van der Waals surface area (Å²) in [6, 6.07) is 19.0. The molecule has 0 spiro atoms. The van der Waals surface area contributed by atoms with Crippen LogP contribution in [0.15, 0.2) is 66.1 Å². The minimum Gasteiger partial charge on any atom is -0.373 e. The molecule has 1 amide bonds. The first kappa shape index (κ1) is 20.7. The van der Waals surface area contributed by atoms with E-state index in [0.29, 0.717) is 13.1 Å². The van der Waals surface area contributed by atoms with Gasteiger partial charge >= 0.3 is 0 Å². The Morgan fingerprint density at radius 3 is 2.30 bits per heavy atom. The van der Waals surface area contributed by atoms with Crippen LogP contribution >= 0.6 is 0 Å². The Morgan fingerprint density at radius 1 is 1.00 bits per heavy atom. The van der Waals surface area contributed by atoms with Gasteiger partial charge in [0.05, 0.1) is 0 Å². The molecule has 0 saturated carbocycles. The predicted molar refractivity (Wildman–Crippen MR) is 110 cm³/mol. The third-order valence-corrected chi connectivity index (χ3v) is 4.96. The molecule has 6 nitrogen and oxygen atoms in total. The summed E-state index contributed by atoms with van der Waals surface area (Å²) in [6.07, 6.45) is 1.61. The van der Waals surface area contributed by atoms with Crippen LogP contribution in [0.2, 0.25) is 0 Å². The molecule has 2 aromatic rings. The number of carbonyl (C=O) groups is 1. The summed E-state index contributed by atoms with van der Waals surface area (Å²) in [6.45, 7) is 1.22. The molecule has 144 valence electrons. The molecule has 7 heteroatoms. The van der Waals surface area contributed by atoms with Gasteiger partial charge < -0.3 is 10.2 Å². The van der Waals surface area contributed by atoms with Gasteiger partial charge in [-0.05, 0) is 23.8 Å². The lowest BCUT2D eigenvalue weighted by molar-refractivity contribution is -0.120. The first-order valence-electron chi connectivity index (χ1n) is 8.72. The third kappa shape index (κ3) is 8.06. The van der Waals surface area contributed by atoms with E-state index >= 15 is 0 Å². The molecule has 27 heavy (non-hydrogen) atoms. The Hall–Kier alpha value is -2.64. The van der Waals surface area contributed by atoms with E-state index in [4.69, 9.17) is 0 Å². The predicted octanol–water partition coefficient (Wildman–Crippen LogP) is 2.22. The Morgan fingerprint density at radius 2 is 1.63 bits per heavy atom. The van der Waals surface area contributed by atoms with Gasteiger partial charge in [0.2, 0.25) is 15.9 Å². The zero-order chi connectivity index (χ0) is 19.5. The summed E-state index contributed by atoms with van der Waals surface area (Å²) in [5, 5.41) is 3.90. The van der Waals surface area contributed by atoms with Crippen LogP contribution in [0.1, 0.15) is 12.0 Å². The lowest BCUT2D eigenvalue weighted by atomic mass is 10.2. The number of hydrogen-bond donors (Lipinski definition) is 2. The van der Waals surface area contributed by atoms with Crippen molar-refractivity contribution in [1.82, 2.24) is 10.0 Å². The molecule has 0 aliphatic rings. The molecule has 0 radical (unpaired) electrons.